The number of likely N-dealkylation sites (N-methyl/N-ethyl adjacent to an activating group) is 1. The van der Waals surface area contributed by atoms with E-state index in [0.717, 1.165) is 36.7 Å². The Morgan fingerprint density at radius 2 is 2.15 bits per heavy atom. The minimum Gasteiger partial charge on any atom is -0.332 e. The van der Waals surface area contributed by atoms with Crippen molar-refractivity contribution in [1.29, 1.82) is 0 Å². The fourth-order valence-corrected chi connectivity index (χ4v) is 2.75. The number of carbonyl (C=O) groups excluding carboxylic acids is 1. The van der Waals surface area contributed by atoms with Crippen LogP contribution in [0.3, 0.4) is 0 Å². The maximum atomic E-state index is 10.4. The zero-order chi connectivity index (χ0) is 19.9. The lowest BCUT2D eigenvalue weighted by molar-refractivity contribution is -0.156. The molecule has 1 atom stereocenters. The molecular formula is C18H24F3N5O. The van der Waals surface area contributed by atoms with Gasteiger partial charge in [-0.05, 0) is 45.6 Å². The van der Waals surface area contributed by atoms with Crippen molar-refractivity contribution in [3.63, 3.8) is 0 Å². The van der Waals surface area contributed by atoms with Gasteiger partial charge in [0.25, 0.3) is 0 Å². The van der Waals surface area contributed by atoms with Gasteiger partial charge in [-0.1, -0.05) is 0 Å². The Morgan fingerprint density at radius 1 is 1.41 bits per heavy atom. The molecule has 3 rings (SSSR count). The molecule has 2 aromatic heterocycles. The summed E-state index contributed by atoms with van der Waals surface area (Å²) in [6.45, 7) is 3.07. The number of halogens is 3. The van der Waals surface area contributed by atoms with Crippen molar-refractivity contribution in [2.24, 2.45) is 0 Å². The first kappa shape index (κ1) is 21.0. The number of pyridine rings is 1. The van der Waals surface area contributed by atoms with Gasteiger partial charge < -0.3 is 14.8 Å². The number of nitrogens with zero attached hydrogens (tertiary/aromatic N) is 4. The monoisotopic (exact) mass is 383 g/mol. The van der Waals surface area contributed by atoms with Gasteiger partial charge in [0.05, 0.1) is 11.7 Å². The van der Waals surface area contributed by atoms with E-state index in [1.807, 2.05) is 12.3 Å². The molecule has 2 aromatic rings. The molecule has 0 aliphatic carbocycles. The van der Waals surface area contributed by atoms with E-state index in [-0.39, 0.29) is 0 Å². The van der Waals surface area contributed by atoms with Crippen LogP contribution in [0.1, 0.15) is 24.7 Å². The Bertz CT molecular complexity index is 710. The first-order valence-electron chi connectivity index (χ1n) is 8.69. The van der Waals surface area contributed by atoms with Gasteiger partial charge in [-0.3, -0.25) is 9.78 Å². The van der Waals surface area contributed by atoms with E-state index in [9.17, 15) is 13.2 Å². The first-order valence-corrected chi connectivity index (χ1v) is 8.69. The summed E-state index contributed by atoms with van der Waals surface area (Å²) in [5, 5.41) is 3.55. The molecule has 0 spiro atoms. The highest BCUT2D eigenvalue weighted by molar-refractivity contribution is 5.57. The van der Waals surface area contributed by atoms with Crippen molar-refractivity contribution < 1.29 is 18.0 Å². The summed E-state index contributed by atoms with van der Waals surface area (Å²) in [6.07, 6.45) is 2.54. The van der Waals surface area contributed by atoms with Crippen LogP contribution in [-0.2, 0) is 11.3 Å². The average Bonchev–Trinajstić information content (AvgIpc) is 3.30. The maximum absolute atomic E-state index is 10.4. The molecule has 0 bridgehead atoms. The van der Waals surface area contributed by atoms with Crippen LogP contribution in [-0.4, -0.2) is 59.1 Å². The fourth-order valence-electron chi connectivity index (χ4n) is 2.75. The number of hydrogen-bond acceptors (Lipinski definition) is 5. The normalized spacial score (nSPS) is 16.9. The Balaban J connectivity index is 0.000000380. The van der Waals surface area contributed by atoms with Gasteiger partial charge in [-0.25, -0.2) is 4.98 Å². The van der Waals surface area contributed by atoms with Crippen molar-refractivity contribution in [2.45, 2.75) is 31.6 Å². The molecule has 3 heterocycles. The average molecular weight is 383 g/mol. The van der Waals surface area contributed by atoms with E-state index in [2.05, 4.69) is 46.1 Å². The Kier molecular flexibility index (Phi) is 7.49. The third-order valence-corrected chi connectivity index (χ3v) is 4.06. The molecule has 0 amide bonds. The number of hydrogen-bond donors (Lipinski definition) is 1. The SMILES string of the molecule is CN(C)CCn1cc(-c2cccnc2)nc1[C@@H]1CCCN1.O=CC(F)(F)F. The van der Waals surface area contributed by atoms with E-state index < -0.39 is 12.5 Å². The predicted octanol–water partition coefficient (Wildman–Crippen LogP) is 2.68. The topological polar surface area (TPSA) is 63.1 Å². The number of imidazole rings is 1. The molecule has 0 saturated carbocycles. The van der Waals surface area contributed by atoms with Crippen molar-refractivity contribution in [3.05, 3.63) is 36.5 Å². The molecule has 1 fully saturated rings. The third-order valence-electron chi connectivity index (χ3n) is 4.06. The summed E-state index contributed by atoms with van der Waals surface area (Å²) < 4.78 is 33.5. The molecule has 1 saturated heterocycles. The van der Waals surface area contributed by atoms with E-state index in [1.165, 1.54) is 12.8 Å². The van der Waals surface area contributed by atoms with Gasteiger partial charge in [-0.2, -0.15) is 13.2 Å². The summed E-state index contributed by atoms with van der Waals surface area (Å²) in [5.74, 6) is 1.16. The molecule has 148 valence electrons. The number of nitrogens with one attached hydrogen (secondary N) is 1. The summed E-state index contributed by atoms with van der Waals surface area (Å²) >= 11 is 0. The molecule has 1 N–H and O–H groups in total. The van der Waals surface area contributed by atoms with Crippen LogP contribution in [0.2, 0.25) is 0 Å². The lowest BCUT2D eigenvalue weighted by atomic mass is 10.2. The Morgan fingerprint density at radius 3 is 2.67 bits per heavy atom. The third kappa shape index (κ3) is 6.76. The van der Waals surface area contributed by atoms with E-state index in [0.29, 0.717) is 6.04 Å². The smallest absolute Gasteiger partial charge is 0.332 e. The zero-order valence-electron chi connectivity index (χ0n) is 15.4. The highest BCUT2D eigenvalue weighted by Crippen LogP contribution is 2.26. The highest BCUT2D eigenvalue weighted by Gasteiger charge is 2.25. The summed E-state index contributed by atoms with van der Waals surface area (Å²) in [4.78, 5) is 20.0. The maximum Gasteiger partial charge on any atom is 0.446 e. The quantitative estimate of drug-likeness (QED) is 0.805. The Labute approximate surface area is 156 Å². The molecule has 6 nitrogen and oxygen atoms in total. The molecule has 1 aliphatic rings. The van der Waals surface area contributed by atoms with Crippen molar-refractivity contribution in [3.8, 4) is 11.3 Å². The van der Waals surface area contributed by atoms with Gasteiger partial charge in [0.2, 0.25) is 6.29 Å². The highest BCUT2D eigenvalue weighted by atomic mass is 19.4. The second kappa shape index (κ2) is 9.61. The number of rotatable bonds is 5. The van der Waals surface area contributed by atoms with E-state index in [4.69, 9.17) is 9.78 Å². The summed E-state index contributed by atoms with van der Waals surface area (Å²) in [5.41, 5.74) is 2.10. The molecule has 0 unspecified atom stereocenters. The molecule has 0 radical (unpaired) electrons. The molecule has 27 heavy (non-hydrogen) atoms. The minimum absolute atomic E-state index is 0.387. The Hall–Kier alpha value is -2.26. The predicted molar refractivity (Wildman–Crippen MR) is 96.1 cm³/mol. The zero-order valence-corrected chi connectivity index (χ0v) is 15.4. The van der Waals surface area contributed by atoms with Crippen LogP contribution < -0.4 is 5.32 Å². The van der Waals surface area contributed by atoms with Crippen molar-refractivity contribution in [1.82, 2.24) is 24.8 Å². The van der Waals surface area contributed by atoms with E-state index >= 15 is 0 Å². The molecule has 0 aromatic carbocycles. The van der Waals surface area contributed by atoms with Crippen molar-refractivity contribution in [2.75, 3.05) is 27.2 Å². The molecule has 9 heteroatoms. The molecular weight excluding hydrogens is 359 g/mol. The van der Waals surface area contributed by atoms with Gasteiger partial charge in [0.1, 0.15) is 5.82 Å². The van der Waals surface area contributed by atoms with Gasteiger partial charge in [0, 0.05) is 37.2 Å². The lowest BCUT2D eigenvalue weighted by Gasteiger charge is -2.15. The van der Waals surface area contributed by atoms with Gasteiger partial charge >= 0.3 is 6.18 Å². The number of alkyl halides is 3. The van der Waals surface area contributed by atoms with Crippen LogP contribution >= 0.6 is 0 Å². The largest absolute Gasteiger partial charge is 0.446 e. The fraction of sp³-hybridized carbons (Fsp3) is 0.500. The summed E-state index contributed by atoms with van der Waals surface area (Å²) in [6, 6.07) is 4.41. The first-order chi connectivity index (χ1) is 12.8. The van der Waals surface area contributed by atoms with Gasteiger partial charge in [0.15, 0.2) is 0 Å². The van der Waals surface area contributed by atoms with Crippen LogP contribution in [0.5, 0.6) is 0 Å². The minimum atomic E-state index is -4.64. The second-order valence-corrected chi connectivity index (χ2v) is 6.53. The van der Waals surface area contributed by atoms with Crippen LogP contribution in [0.25, 0.3) is 11.3 Å². The second-order valence-electron chi connectivity index (χ2n) is 6.53. The number of aromatic nitrogens is 3. The lowest BCUT2D eigenvalue weighted by Crippen LogP contribution is -2.22. The van der Waals surface area contributed by atoms with Crippen LogP contribution in [0, 0.1) is 0 Å². The standard InChI is InChI=1S/C16H23N5.C2HF3O/c1-20(2)9-10-21-12-15(13-5-3-7-17-11-13)19-16(21)14-6-4-8-18-14;3-2(4,5)1-6/h3,5,7,11-12,14,18H,4,6,8-10H2,1-2H3;1H/t14-;/m0./s1. The molecule has 1 aliphatic heterocycles. The summed E-state index contributed by atoms with van der Waals surface area (Å²) in [7, 11) is 4.21. The van der Waals surface area contributed by atoms with Crippen molar-refractivity contribution >= 4 is 6.29 Å². The van der Waals surface area contributed by atoms with Crippen LogP contribution in [0.15, 0.2) is 30.7 Å². The number of aldehydes is 1. The van der Waals surface area contributed by atoms with Crippen LogP contribution in [0.4, 0.5) is 13.2 Å². The van der Waals surface area contributed by atoms with Gasteiger partial charge in [-0.15, -0.1) is 0 Å². The number of carbonyl (C=O) groups is 1. The van der Waals surface area contributed by atoms with E-state index in [1.54, 1.807) is 6.20 Å².